The van der Waals surface area contributed by atoms with Crippen LogP contribution in [0.1, 0.15) is 10.4 Å². The standard InChI is InChI=1S/C13H16N4O3S2/c1-14-13(18)10-4-2-6-15-12(10)16-7-8-17-22(19,20)11-5-3-9-21-11/h2-6,9,17H,7-8H2,1H3,(H,14,18)(H,15,16). The number of pyridine rings is 1. The third kappa shape index (κ3) is 4.03. The second-order valence-electron chi connectivity index (χ2n) is 4.24. The highest BCUT2D eigenvalue weighted by atomic mass is 32.2. The predicted molar refractivity (Wildman–Crippen MR) is 85.6 cm³/mol. The summed E-state index contributed by atoms with van der Waals surface area (Å²) in [7, 11) is -1.94. The Morgan fingerprint density at radius 2 is 2.09 bits per heavy atom. The van der Waals surface area contributed by atoms with Gasteiger partial charge in [-0.15, -0.1) is 11.3 Å². The molecule has 0 fully saturated rings. The summed E-state index contributed by atoms with van der Waals surface area (Å²) >= 11 is 1.16. The summed E-state index contributed by atoms with van der Waals surface area (Å²) in [6, 6.07) is 6.53. The van der Waals surface area contributed by atoms with Gasteiger partial charge < -0.3 is 10.6 Å². The fourth-order valence-corrected chi connectivity index (χ4v) is 3.79. The fraction of sp³-hybridized carbons (Fsp3) is 0.231. The number of rotatable bonds is 7. The van der Waals surface area contributed by atoms with E-state index in [0.29, 0.717) is 17.9 Å². The largest absolute Gasteiger partial charge is 0.368 e. The zero-order valence-electron chi connectivity index (χ0n) is 11.9. The van der Waals surface area contributed by atoms with Gasteiger partial charge in [0.15, 0.2) is 0 Å². The molecule has 0 unspecified atom stereocenters. The first kappa shape index (κ1) is 16.4. The van der Waals surface area contributed by atoms with E-state index in [0.717, 1.165) is 11.3 Å². The average molecular weight is 340 g/mol. The molecule has 2 aromatic rings. The van der Waals surface area contributed by atoms with Crippen LogP contribution in [-0.2, 0) is 10.0 Å². The van der Waals surface area contributed by atoms with Crippen LogP contribution in [0.25, 0.3) is 0 Å². The van der Waals surface area contributed by atoms with Crippen molar-refractivity contribution in [3.8, 4) is 0 Å². The number of aromatic nitrogens is 1. The fourth-order valence-electron chi connectivity index (χ4n) is 1.72. The summed E-state index contributed by atoms with van der Waals surface area (Å²) in [5.74, 6) is 0.159. The number of hydrogen-bond acceptors (Lipinski definition) is 6. The van der Waals surface area contributed by atoms with Crippen LogP contribution in [-0.4, -0.2) is 39.4 Å². The van der Waals surface area contributed by atoms with Crippen LogP contribution in [0.3, 0.4) is 0 Å². The lowest BCUT2D eigenvalue weighted by molar-refractivity contribution is 0.0963. The van der Waals surface area contributed by atoms with Crippen LogP contribution >= 0.6 is 11.3 Å². The van der Waals surface area contributed by atoms with Crippen LogP contribution in [0.5, 0.6) is 0 Å². The summed E-state index contributed by atoms with van der Waals surface area (Å²) in [4.78, 5) is 15.8. The zero-order chi connectivity index (χ0) is 16.0. The molecule has 9 heteroatoms. The maximum atomic E-state index is 11.9. The van der Waals surface area contributed by atoms with Gasteiger partial charge in [0.1, 0.15) is 10.0 Å². The lowest BCUT2D eigenvalue weighted by Gasteiger charge is -2.10. The average Bonchev–Trinajstić information content (AvgIpc) is 3.06. The van der Waals surface area contributed by atoms with E-state index in [1.165, 1.54) is 7.05 Å². The Hall–Kier alpha value is -1.97. The summed E-state index contributed by atoms with van der Waals surface area (Å²) in [6.45, 7) is 0.496. The smallest absolute Gasteiger partial charge is 0.254 e. The van der Waals surface area contributed by atoms with Crippen molar-refractivity contribution in [1.29, 1.82) is 0 Å². The molecule has 0 aliphatic carbocycles. The molecule has 2 rings (SSSR count). The van der Waals surface area contributed by atoms with Crippen LogP contribution in [0.15, 0.2) is 40.1 Å². The first-order valence-corrected chi connectivity index (χ1v) is 8.85. The van der Waals surface area contributed by atoms with E-state index < -0.39 is 10.0 Å². The zero-order valence-corrected chi connectivity index (χ0v) is 13.5. The molecule has 0 saturated carbocycles. The van der Waals surface area contributed by atoms with Gasteiger partial charge in [-0.25, -0.2) is 18.1 Å². The molecule has 3 N–H and O–H groups in total. The Morgan fingerprint density at radius 1 is 1.27 bits per heavy atom. The van der Waals surface area contributed by atoms with Gasteiger partial charge in [0.2, 0.25) is 10.0 Å². The van der Waals surface area contributed by atoms with E-state index in [1.807, 2.05) is 0 Å². The molecule has 0 radical (unpaired) electrons. The molecular formula is C13H16N4O3S2. The van der Waals surface area contributed by atoms with Crippen LogP contribution in [0.2, 0.25) is 0 Å². The molecule has 1 amide bonds. The number of amides is 1. The lowest BCUT2D eigenvalue weighted by atomic mass is 10.2. The van der Waals surface area contributed by atoms with Crippen molar-refractivity contribution in [2.75, 3.05) is 25.5 Å². The first-order chi connectivity index (χ1) is 10.5. The quantitative estimate of drug-likeness (QED) is 0.650. The predicted octanol–water partition coefficient (Wildman–Crippen LogP) is 0.893. The van der Waals surface area contributed by atoms with E-state index >= 15 is 0 Å². The van der Waals surface area contributed by atoms with Crippen LogP contribution in [0, 0.1) is 0 Å². The third-order valence-corrected chi connectivity index (χ3v) is 5.61. The SMILES string of the molecule is CNC(=O)c1cccnc1NCCNS(=O)(=O)c1cccs1. The second-order valence-corrected chi connectivity index (χ2v) is 7.18. The molecule has 0 spiro atoms. The molecule has 0 bridgehead atoms. The Kier molecular flexibility index (Phi) is 5.47. The van der Waals surface area contributed by atoms with Crippen LogP contribution < -0.4 is 15.4 Å². The minimum atomic E-state index is -3.47. The van der Waals surface area contributed by atoms with Gasteiger partial charge in [0.05, 0.1) is 5.56 Å². The molecule has 2 heterocycles. The number of carbonyl (C=O) groups is 1. The third-order valence-electron chi connectivity index (χ3n) is 2.75. The molecule has 0 atom stereocenters. The molecule has 118 valence electrons. The van der Waals surface area contributed by atoms with Gasteiger partial charge in [-0.05, 0) is 23.6 Å². The highest BCUT2D eigenvalue weighted by Gasteiger charge is 2.14. The number of anilines is 1. The number of sulfonamides is 1. The van der Waals surface area contributed by atoms with Crippen molar-refractivity contribution in [2.45, 2.75) is 4.21 Å². The Morgan fingerprint density at radius 3 is 2.77 bits per heavy atom. The van der Waals surface area contributed by atoms with Crippen molar-refractivity contribution >= 4 is 33.1 Å². The molecule has 0 aliphatic rings. The summed E-state index contributed by atoms with van der Waals surface area (Å²) in [6.07, 6.45) is 1.56. The van der Waals surface area contributed by atoms with E-state index in [4.69, 9.17) is 0 Å². The highest BCUT2D eigenvalue weighted by molar-refractivity contribution is 7.91. The Balaban J connectivity index is 1.91. The van der Waals surface area contributed by atoms with Crippen molar-refractivity contribution in [2.24, 2.45) is 0 Å². The normalized spacial score (nSPS) is 11.1. The second kappa shape index (κ2) is 7.34. The van der Waals surface area contributed by atoms with Gasteiger partial charge in [-0.1, -0.05) is 6.07 Å². The maximum Gasteiger partial charge on any atom is 0.254 e. The molecule has 2 aromatic heterocycles. The molecule has 0 aromatic carbocycles. The van der Waals surface area contributed by atoms with E-state index in [1.54, 1.807) is 35.8 Å². The van der Waals surface area contributed by atoms with E-state index in [9.17, 15) is 13.2 Å². The Bertz CT molecular complexity index is 730. The van der Waals surface area contributed by atoms with Crippen molar-refractivity contribution in [1.82, 2.24) is 15.0 Å². The van der Waals surface area contributed by atoms with Gasteiger partial charge in [0, 0.05) is 26.3 Å². The first-order valence-electron chi connectivity index (χ1n) is 6.49. The summed E-state index contributed by atoms with van der Waals surface area (Å²) < 4.78 is 26.6. The van der Waals surface area contributed by atoms with Crippen LogP contribution in [0.4, 0.5) is 5.82 Å². The minimum Gasteiger partial charge on any atom is -0.368 e. The maximum absolute atomic E-state index is 11.9. The number of nitrogens with one attached hydrogen (secondary N) is 3. The van der Waals surface area contributed by atoms with Crippen molar-refractivity contribution in [3.63, 3.8) is 0 Å². The Labute approximate surface area is 132 Å². The number of carbonyl (C=O) groups excluding carboxylic acids is 1. The van der Waals surface area contributed by atoms with Gasteiger partial charge in [-0.3, -0.25) is 4.79 Å². The molecular weight excluding hydrogens is 324 g/mol. The number of nitrogens with zero attached hydrogens (tertiary/aromatic N) is 1. The van der Waals surface area contributed by atoms with E-state index in [-0.39, 0.29) is 16.7 Å². The molecule has 22 heavy (non-hydrogen) atoms. The minimum absolute atomic E-state index is 0.185. The number of hydrogen-bond donors (Lipinski definition) is 3. The van der Waals surface area contributed by atoms with Crippen molar-refractivity contribution in [3.05, 3.63) is 41.4 Å². The monoisotopic (exact) mass is 340 g/mol. The van der Waals surface area contributed by atoms with Gasteiger partial charge >= 0.3 is 0 Å². The van der Waals surface area contributed by atoms with Crippen molar-refractivity contribution < 1.29 is 13.2 Å². The summed E-state index contributed by atoms with van der Waals surface area (Å²) in [5.41, 5.74) is 0.408. The lowest BCUT2D eigenvalue weighted by Crippen LogP contribution is -2.29. The number of thiophene rings is 1. The van der Waals surface area contributed by atoms with Gasteiger partial charge in [0.25, 0.3) is 5.91 Å². The topological polar surface area (TPSA) is 100 Å². The molecule has 7 nitrogen and oxygen atoms in total. The highest BCUT2D eigenvalue weighted by Crippen LogP contribution is 2.15. The summed E-state index contributed by atoms with van der Waals surface area (Å²) in [5, 5.41) is 7.18. The van der Waals surface area contributed by atoms with E-state index in [2.05, 4.69) is 20.3 Å². The molecule has 0 aliphatic heterocycles. The van der Waals surface area contributed by atoms with Gasteiger partial charge in [-0.2, -0.15) is 0 Å². The molecule has 0 saturated heterocycles.